The molecular formula is C19H16ClN5O4. The zero-order valence-electron chi connectivity index (χ0n) is 16.1. The number of fused-ring (bicyclic) bond motifs is 2. The molecule has 0 spiro atoms. The van der Waals surface area contributed by atoms with Gasteiger partial charge in [-0.2, -0.15) is 0 Å². The summed E-state index contributed by atoms with van der Waals surface area (Å²) in [5.41, 5.74) is -1.29. The number of hydrogen-bond donors (Lipinski definition) is 0. The van der Waals surface area contributed by atoms with Crippen LogP contribution in [0, 0.1) is 0 Å². The molecule has 0 fully saturated rings. The topological polar surface area (TPSA) is 101 Å². The molecule has 0 bridgehead atoms. The van der Waals surface area contributed by atoms with Gasteiger partial charge < -0.3 is 0 Å². The lowest BCUT2D eigenvalue weighted by molar-refractivity contribution is 0.697. The van der Waals surface area contributed by atoms with Gasteiger partial charge in [-0.25, -0.2) is 14.6 Å². The van der Waals surface area contributed by atoms with Crippen LogP contribution in [0.2, 0.25) is 5.02 Å². The van der Waals surface area contributed by atoms with Gasteiger partial charge in [0.15, 0.2) is 11.3 Å². The van der Waals surface area contributed by atoms with Crippen molar-refractivity contribution in [2.45, 2.75) is 0 Å². The van der Waals surface area contributed by atoms with E-state index in [0.717, 1.165) is 9.13 Å². The maximum absolute atomic E-state index is 13.1. The summed E-state index contributed by atoms with van der Waals surface area (Å²) in [5.74, 6) is 0. The first kappa shape index (κ1) is 18.9. The fraction of sp³-hybridized carbons (Fsp3) is 0.211. The molecule has 1 aromatic carbocycles. The van der Waals surface area contributed by atoms with E-state index in [-0.39, 0.29) is 22.1 Å². The van der Waals surface area contributed by atoms with E-state index in [1.807, 2.05) is 0 Å². The van der Waals surface area contributed by atoms with Crippen molar-refractivity contribution in [3.63, 3.8) is 0 Å². The first-order valence-corrected chi connectivity index (χ1v) is 8.98. The molecule has 4 aromatic rings. The van der Waals surface area contributed by atoms with E-state index in [0.29, 0.717) is 16.1 Å². The van der Waals surface area contributed by atoms with Crippen molar-refractivity contribution >= 4 is 33.7 Å². The minimum atomic E-state index is -0.585. The normalized spacial score (nSPS) is 11.5. The molecule has 3 heterocycles. The fourth-order valence-electron chi connectivity index (χ4n) is 3.50. The fourth-order valence-corrected chi connectivity index (χ4v) is 3.62. The highest BCUT2D eigenvalue weighted by Gasteiger charge is 2.23. The third-order valence-corrected chi connectivity index (χ3v) is 5.36. The Kier molecular flexibility index (Phi) is 4.09. The Balaban J connectivity index is 2.48. The molecule has 0 amide bonds. The first-order chi connectivity index (χ1) is 13.6. The minimum Gasteiger partial charge on any atom is -0.280 e. The van der Waals surface area contributed by atoms with Crippen molar-refractivity contribution in [3.8, 4) is 11.1 Å². The second-order valence-electron chi connectivity index (χ2n) is 6.80. The molecule has 4 rings (SSSR count). The van der Waals surface area contributed by atoms with E-state index < -0.39 is 22.5 Å². The molecule has 148 valence electrons. The summed E-state index contributed by atoms with van der Waals surface area (Å²) in [6.07, 6.45) is 0. The number of nitrogens with zero attached hydrogens (tertiary/aromatic N) is 5. The van der Waals surface area contributed by atoms with E-state index in [4.69, 9.17) is 11.6 Å². The Bertz CT molecular complexity index is 1480. The zero-order chi connectivity index (χ0) is 21.2. The molecule has 3 aromatic heterocycles. The molecule has 0 saturated heterocycles. The molecule has 0 aliphatic rings. The van der Waals surface area contributed by atoms with Crippen molar-refractivity contribution in [3.05, 3.63) is 71.0 Å². The highest BCUT2D eigenvalue weighted by Crippen LogP contribution is 2.31. The maximum Gasteiger partial charge on any atom is 0.332 e. The van der Waals surface area contributed by atoms with Crippen molar-refractivity contribution in [1.82, 2.24) is 23.3 Å². The van der Waals surface area contributed by atoms with E-state index in [1.54, 1.807) is 24.3 Å². The van der Waals surface area contributed by atoms with Crippen LogP contribution in [0.25, 0.3) is 33.2 Å². The van der Waals surface area contributed by atoms with Crippen LogP contribution in [-0.2, 0) is 28.2 Å². The SMILES string of the molecule is Cn1c(=O)c2c(-c3ccc(Cl)cc3)c3c(=O)n(C)c(=O)n(C)c3nc2n(C)c1=O. The van der Waals surface area contributed by atoms with Crippen LogP contribution >= 0.6 is 11.6 Å². The van der Waals surface area contributed by atoms with Gasteiger partial charge in [0, 0.05) is 38.8 Å². The number of pyridine rings is 1. The van der Waals surface area contributed by atoms with Gasteiger partial charge in [0.05, 0.1) is 10.8 Å². The third-order valence-electron chi connectivity index (χ3n) is 5.11. The number of aromatic nitrogens is 5. The van der Waals surface area contributed by atoms with Crippen LogP contribution in [-0.4, -0.2) is 23.3 Å². The predicted molar refractivity (Wildman–Crippen MR) is 111 cm³/mol. The lowest BCUT2D eigenvalue weighted by Crippen LogP contribution is -2.40. The standard InChI is InChI=1S/C19H16ClN5O4/c1-22-14-12(16(26)24(3)18(22)28)11(9-5-7-10(20)8-6-9)13-15(21-14)23(2)19(29)25(4)17(13)27/h5-8H,1-4H3. The summed E-state index contributed by atoms with van der Waals surface area (Å²) in [5, 5.41) is 0.706. The van der Waals surface area contributed by atoms with Crippen molar-refractivity contribution < 1.29 is 0 Å². The summed E-state index contributed by atoms with van der Waals surface area (Å²) in [6.45, 7) is 0. The van der Waals surface area contributed by atoms with Crippen LogP contribution in [0.3, 0.4) is 0 Å². The van der Waals surface area contributed by atoms with Crippen LogP contribution < -0.4 is 22.5 Å². The minimum absolute atomic E-state index is 0.0822. The lowest BCUT2D eigenvalue weighted by atomic mass is 9.99. The summed E-state index contributed by atoms with van der Waals surface area (Å²) < 4.78 is 4.36. The highest BCUT2D eigenvalue weighted by molar-refractivity contribution is 6.30. The van der Waals surface area contributed by atoms with Crippen LogP contribution in [0.5, 0.6) is 0 Å². The molecule has 0 N–H and O–H groups in total. The van der Waals surface area contributed by atoms with E-state index in [1.165, 1.54) is 37.3 Å². The summed E-state index contributed by atoms with van der Waals surface area (Å²) in [4.78, 5) is 55.4. The molecule has 0 saturated carbocycles. The molecule has 0 aliphatic carbocycles. The van der Waals surface area contributed by atoms with Gasteiger partial charge >= 0.3 is 11.4 Å². The summed E-state index contributed by atoms with van der Waals surface area (Å²) in [6, 6.07) is 6.61. The van der Waals surface area contributed by atoms with Crippen LogP contribution in [0.4, 0.5) is 0 Å². The molecule has 9 nitrogen and oxygen atoms in total. The number of rotatable bonds is 1. The molecule has 0 aliphatic heterocycles. The number of hydrogen-bond acceptors (Lipinski definition) is 5. The average Bonchev–Trinajstić information content (AvgIpc) is 2.72. The molecule has 0 radical (unpaired) electrons. The lowest BCUT2D eigenvalue weighted by Gasteiger charge is -2.15. The van der Waals surface area contributed by atoms with Crippen molar-refractivity contribution in [2.75, 3.05) is 0 Å². The third kappa shape index (κ3) is 2.51. The van der Waals surface area contributed by atoms with Gasteiger partial charge in [0.2, 0.25) is 0 Å². The van der Waals surface area contributed by atoms with Crippen molar-refractivity contribution in [1.29, 1.82) is 0 Å². The molecule has 29 heavy (non-hydrogen) atoms. The maximum atomic E-state index is 13.1. The number of benzene rings is 1. The molecule has 0 unspecified atom stereocenters. The largest absolute Gasteiger partial charge is 0.332 e. The van der Waals surface area contributed by atoms with E-state index >= 15 is 0 Å². The van der Waals surface area contributed by atoms with Crippen LogP contribution in [0.15, 0.2) is 43.4 Å². The second kappa shape index (κ2) is 6.28. The Morgan fingerprint density at radius 3 is 1.52 bits per heavy atom. The molecular weight excluding hydrogens is 398 g/mol. The van der Waals surface area contributed by atoms with Gasteiger partial charge in [0.1, 0.15) is 0 Å². The predicted octanol–water partition coefficient (Wildman–Crippen LogP) is 0.503. The van der Waals surface area contributed by atoms with Crippen molar-refractivity contribution in [2.24, 2.45) is 28.2 Å². The summed E-state index contributed by atoms with van der Waals surface area (Å²) in [7, 11) is 5.68. The summed E-state index contributed by atoms with van der Waals surface area (Å²) >= 11 is 6.01. The van der Waals surface area contributed by atoms with E-state index in [2.05, 4.69) is 4.98 Å². The Labute approximate surface area is 167 Å². The Hall–Kier alpha value is -3.46. The van der Waals surface area contributed by atoms with Gasteiger partial charge in [-0.05, 0) is 17.7 Å². The molecule has 10 heteroatoms. The van der Waals surface area contributed by atoms with Gasteiger partial charge in [-0.1, -0.05) is 23.7 Å². The van der Waals surface area contributed by atoms with Crippen LogP contribution in [0.1, 0.15) is 0 Å². The first-order valence-electron chi connectivity index (χ1n) is 8.60. The molecule has 0 atom stereocenters. The average molecular weight is 414 g/mol. The number of halogens is 1. The number of aryl methyl sites for hydroxylation is 2. The highest BCUT2D eigenvalue weighted by atomic mass is 35.5. The van der Waals surface area contributed by atoms with Gasteiger partial charge in [-0.3, -0.25) is 27.9 Å². The van der Waals surface area contributed by atoms with E-state index in [9.17, 15) is 19.2 Å². The zero-order valence-corrected chi connectivity index (χ0v) is 16.8. The Morgan fingerprint density at radius 1 is 0.690 bits per heavy atom. The van der Waals surface area contributed by atoms with Gasteiger partial charge in [-0.15, -0.1) is 0 Å². The quantitative estimate of drug-likeness (QED) is 0.423. The second-order valence-corrected chi connectivity index (χ2v) is 7.24. The van der Waals surface area contributed by atoms with Gasteiger partial charge in [0.25, 0.3) is 11.1 Å². The smallest absolute Gasteiger partial charge is 0.280 e. The monoisotopic (exact) mass is 413 g/mol. The Morgan fingerprint density at radius 2 is 1.10 bits per heavy atom.